The Morgan fingerprint density at radius 2 is 1.55 bits per heavy atom. The van der Waals surface area contributed by atoms with Crippen molar-refractivity contribution in [3.8, 4) is 5.75 Å². The van der Waals surface area contributed by atoms with Crippen LogP contribution in [0.2, 0.25) is 0 Å². The van der Waals surface area contributed by atoms with Gasteiger partial charge in [-0.2, -0.15) is 0 Å². The van der Waals surface area contributed by atoms with Gasteiger partial charge in [0.05, 0.1) is 0 Å². The summed E-state index contributed by atoms with van der Waals surface area (Å²) in [6.45, 7) is 15.3. The van der Waals surface area contributed by atoms with Gasteiger partial charge < -0.3 is 9.47 Å². The van der Waals surface area contributed by atoms with Crippen molar-refractivity contribution in [1.29, 1.82) is 0 Å². The van der Waals surface area contributed by atoms with Gasteiger partial charge in [0.2, 0.25) is 0 Å². The summed E-state index contributed by atoms with van der Waals surface area (Å²) in [6, 6.07) is 4.27. The highest BCUT2D eigenvalue weighted by atomic mass is 16.6. The third kappa shape index (κ3) is 5.04. The van der Waals surface area contributed by atoms with Gasteiger partial charge in [0.1, 0.15) is 11.4 Å². The van der Waals surface area contributed by atoms with E-state index in [-0.39, 0.29) is 5.97 Å². The maximum Gasteiger partial charge on any atom is 0.350 e. The van der Waals surface area contributed by atoms with Gasteiger partial charge in [-0.25, -0.2) is 4.79 Å². The highest BCUT2D eigenvalue weighted by Crippen LogP contribution is 2.30. The third-order valence-corrected chi connectivity index (χ3v) is 3.31. The number of esters is 1. The first-order chi connectivity index (χ1) is 9.96. The minimum atomic E-state index is -1.02. The fourth-order valence-electron chi connectivity index (χ4n) is 2.33. The molecule has 0 N–H and O–H groups in total. The molecule has 0 saturated heterocycles. The van der Waals surface area contributed by atoms with E-state index in [0.717, 1.165) is 29.7 Å². The number of hydrogen-bond acceptors (Lipinski definition) is 3. The van der Waals surface area contributed by atoms with Crippen molar-refractivity contribution in [3.63, 3.8) is 0 Å². The van der Waals surface area contributed by atoms with Crippen molar-refractivity contribution in [2.75, 3.05) is 0 Å². The summed E-state index contributed by atoms with van der Waals surface area (Å²) in [5.41, 5.74) is 1.88. The molecule has 0 heterocycles. The van der Waals surface area contributed by atoms with Crippen LogP contribution < -0.4 is 4.74 Å². The number of rotatable bonds is 5. The van der Waals surface area contributed by atoms with E-state index in [1.54, 1.807) is 13.8 Å². The van der Waals surface area contributed by atoms with Crippen molar-refractivity contribution in [3.05, 3.63) is 28.8 Å². The third-order valence-electron chi connectivity index (χ3n) is 3.31. The predicted octanol–water partition coefficient (Wildman–Crippen LogP) is 4.76. The Hall–Kier alpha value is -1.51. The van der Waals surface area contributed by atoms with Crippen LogP contribution in [-0.4, -0.2) is 17.2 Å². The van der Waals surface area contributed by atoms with Crippen LogP contribution in [0.5, 0.6) is 5.75 Å². The average Bonchev–Trinajstić information content (AvgIpc) is 2.32. The van der Waals surface area contributed by atoms with Crippen molar-refractivity contribution < 1.29 is 14.3 Å². The van der Waals surface area contributed by atoms with E-state index in [0.29, 0.717) is 0 Å². The number of aryl methyl sites for hydroxylation is 3. The fourth-order valence-corrected chi connectivity index (χ4v) is 2.33. The van der Waals surface area contributed by atoms with E-state index in [1.165, 1.54) is 5.56 Å². The van der Waals surface area contributed by atoms with E-state index in [1.807, 2.05) is 34.6 Å². The molecule has 22 heavy (non-hydrogen) atoms. The van der Waals surface area contributed by atoms with Crippen LogP contribution in [0.1, 0.15) is 64.7 Å². The van der Waals surface area contributed by atoms with Crippen LogP contribution in [0.4, 0.5) is 0 Å². The van der Waals surface area contributed by atoms with Gasteiger partial charge in [0.25, 0.3) is 0 Å². The Kier molecular flexibility index (Phi) is 5.66. The Balaban J connectivity index is 3.00. The molecule has 0 aliphatic carbocycles. The number of carbonyl (C=O) groups is 1. The van der Waals surface area contributed by atoms with Gasteiger partial charge >= 0.3 is 5.97 Å². The van der Waals surface area contributed by atoms with E-state index in [2.05, 4.69) is 19.1 Å². The van der Waals surface area contributed by atoms with Crippen molar-refractivity contribution in [2.45, 2.75) is 79.4 Å². The summed E-state index contributed by atoms with van der Waals surface area (Å²) in [5, 5.41) is 0. The van der Waals surface area contributed by atoms with Gasteiger partial charge in [0, 0.05) is 0 Å². The van der Waals surface area contributed by atoms with Crippen LogP contribution in [0.25, 0.3) is 0 Å². The van der Waals surface area contributed by atoms with E-state index >= 15 is 0 Å². The lowest BCUT2D eigenvalue weighted by Gasteiger charge is -2.30. The molecule has 0 aromatic heterocycles. The minimum absolute atomic E-state index is 0.351. The lowest BCUT2D eigenvalue weighted by atomic mass is 10.0. The molecule has 0 saturated carbocycles. The molecule has 3 heteroatoms. The number of hydrogen-bond donors (Lipinski definition) is 0. The van der Waals surface area contributed by atoms with E-state index in [9.17, 15) is 4.79 Å². The Morgan fingerprint density at radius 1 is 1.05 bits per heavy atom. The molecule has 0 spiro atoms. The molecule has 124 valence electrons. The molecule has 1 aromatic carbocycles. The molecule has 0 aliphatic heterocycles. The first kappa shape index (κ1) is 18.5. The largest absolute Gasteiger partial charge is 0.476 e. The zero-order valence-electron chi connectivity index (χ0n) is 15.3. The minimum Gasteiger partial charge on any atom is -0.476 e. The normalized spacial score (nSPS) is 12.2. The summed E-state index contributed by atoms with van der Waals surface area (Å²) < 4.78 is 11.5. The molecule has 1 rings (SSSR count). The second kappa shape index (κ2) is 6.72. The first-order valence-electron chi connectivity index (χ1n) is 7.99. The number of benzene rings is 1. The molecular weight excluding hydrogens is 276 g/mol. The van der Waals surface area contributed by atoms with E-state index in [4.69, 9.17) is 9.47 Å². The second-order valence-corrected chi connectivity index (χ2v) is 7.42. The highest BCUT2D eigenvalue weighted by molar-refractivity contribution is 5.79. The van der Waals surface area contributed by atoms with Crippen molar-refractivity contribution in [1.82, 2.24) is 0 Å². The van der Waals surface area contributed by atoms with Gasteiger partial charge in [-0.05, 0) is 71.6 Å². The Labute approximate surface area is 135 Å². The molecule has 0 radical (unpaired) electrons. The zero-order valence-corrected chi connectivity index (χ0v) is 15.3. The number of ether oxygens (including phenoxy) is 2. The SMILES string of the molecule is CCCc1cc(C)c(OC(C)(C)C(=O)OC(C)(C)C)c(C)c1. The molecule has 0 aliphatic rings. The first-order valence-corrected chi connectivity index (χ1v) is 7.99. The van der Waals surface area contributed by atoms with Gasteiger partial charge in [-0.1, -0.05) is 25.5 Å². The highest BCUT2D eigenvalue weighted by Gasteiger charge is 2.35. The summed E-state index contributed by atoms with van der Waals surface area (Å²) in [4.78, 5) is 12.3. The Bertz CT molecular complexity index is 513. The van der Waals surface area contributed by atoms with Gasteiger partial charge in [-0.15, -0.1) is 0 Å². The van der Waals surface area contributed by atoms with Crippen LogP contribution >= 0.6 is 0 Å². The zero-order chi connectivity index (χ0) is 17.1. The molecular formula is C19H30O3. The van der Waals surface area contributed by atoms with Gasteiger partial charge in [0.15, 0.2) is 5.60 Å². The smallest absolute Gasteiger partial charge is 0.350 e. The monoisotopic (exact) mass is 306 g/mol. The van der Waals surface area contributed by atoms with Crippen LogP contribution in [0.3, 0.4) is 0 Å². The molecule has 0 atom stereocenters. The summed E-state index contributed by atoms with van der Waals surface area (Å²) in [7, 11) is 0. The molecule has 0 amide bonds. The maximum atomic E-state index is 12.3. The molecule has 0 fully saturated rings. The molecule has 0 bridgehead atoms. The lowest BCUT2D eigenvalue weighted by Crippen LogP contribution is -2.43. The Morgan fingerprint density at radius 3 is 1.95 bits per heavy atom. The summed E-state index contributed by atoms with van der Waals surface area (Å²) in [5.74, 6) is 0.423. The predicted molar refractivity (Wildman–Crippen MR) is 90.5 cm³/mol. The summed E-state index contributed by atoms with van der Waals surface area (Å²) in [6.07, 6.45) is 2.17. The lowest BCUT2D eigenvalue weighted by molar-refractivity contribution is -0.171. The number of carbonyl (C=O) groups excluding carboxylic acids is 1. The van der Waals surface area contributed by atoms with Crippen molar-refractivity contribution >= 4 is 5.97 Å². The molecule has 1 aromatic rings. The fraction of sp³-hybridized carbons (Fsp3) is 0.632. The average molecular weight is 306 g/mol. The van der Waals surface area contributed by atoms with E-state index < -0.39 is 11.2 Å². The topological polar surface area (TPSA) is 35.5 Å². The van der Waals surface area contributed by atoms with Crippen LogP contribution in [0, 0.1) is 13.8 Å². The molecule has 3 nitrogen and oxygen atoms in total. The molecule has 0 unspecified atom stereocenters. The maximum absolute atomic E-state index is 12.3. The van der Waals surface area contributed by atoms with Gasteiger partial charge in [-0.3, -0.25) is 0 Å². The summed E-state index contributed by atoms with van der Waals surface area (Å²) >= 11 is 0. The quantitative estimate of drug-likeness (QED) is 0.736. The standard InChI is InChI=1S/C19H30O3/c1-9-10-15-11-13(2)16(14(3)12-15)21-19(7,8)17(20)22-18(4,5)6/h11-12H,9-10H2,1-8H3. The van der Waals surface area contributed by atoms with Crippen molar-refractivity contribution in [2.24, 2.45) is 0 Å². The second-order valence-electron chi connectivity index (χ2n) is 7.42. The van der Waals surface area contributed by atoms with Crippen LogP contribution in [-0.2, 0) is 16.0 Å². The van der Waals surface area contributed by atoms with Crippen LogP contribution in [0.15, 0.2) is 12.1 Å².